The van der Waals surface area contributed by atoms with Crippen LogP contribution in [0.2, 0.25) is 10.0 Å². The molecule has 2 aromatic carbocycles. The molecule has 0 atom stereocenters. The highest BCUT2D eigenvalue weighted by Crippen LogP contribution is 2.24. The summed E-state index contributed by atoms with van der Waals surface area (Å²) in [6.07, 6.45) is 6.56. The Labute approximate surface area is 159 Å². The van der Waals surface area contributed by atoms with Crippen LogP contribution in [0.5, 0.6) is 0 Å². The number of carbonyl (C=O) groups is 1. The number of hydrogen-bond donors (Lipinski definition) is 0. The minimum Gasteiger partial charge on any atom is -0.339 e. The van der Waals surface area contributed by atoms with Crippen LogP contribution in [0.3, 0.4) is 0 Å². The van der Waals surface area contributed by atoms with Gasteiger partial charge in [0, 0.05) is 29.2 Å². The van der Waals surface area contributed by atoms with E-state index in [0.29, 0.717) is 16.0 Å². The Morgan fingerprint density at radius 1 is 1.08 bits per heavy atom. The van der Waals surface area contributed by atoms with Crippen molar-refractivity contribution in [3.63, 3.8) is 0 Å². The van der Waals surface area contributed by atoms with Crippen LogP contribution in [0, 0.1) is 5.92 Å². The van der Waals surface area contributed by atoms with Gasteiger partial charge < -0.3 is 4.90 Å². The van der Waals surface area contributed by atoms with Crippen molar-refractivity contribution < 1.29 is 4.79 Å². The van der Waals surface area contributed by atoms with E-state index in [4.69, 9.17) is 23.2 Å². The average Bonchev–Trinajstić information content (AvgIpc) is 2.62. The zero-order chi connectivity index (χ0) is 17.6. The van der Waals surface area contributed by atoms with E-state index in [2.05, 4.69) is 24.3 Å². The van der Waals surface area contributed by atoms with Gasteiger partial charge in [0.25, 0.3) is 0 Å². The third kappa shape index (κ3) is 5.10. The normalized spacial score (nSPS) is 15.7. The van der Waals surface area contributed by atoms with Crippen molar-refractivity contribution in [2.24, 2.45) is 5.92 Å². The highest BCUT2D eigenvalue weighted by molar-refractivity contribution is 6.35. The van der Waals surface area contributed by atoms with Gasteiger partial charge in [-0.2, -0.15) is 0 Å². The van der Waals surface area contributed by atoms with Crippen LogP contribution >= 0.6 is 23.2 Å². The van der Waals surface area contributed by atoms with Crippen molar-refractivity contribution in [3.8, 4) is 0 Å². The Bertz CT molecular complexity index is 750. The molecule has 1 saturated heterocycles. The maximum atomic E-state index is 12.4. The lowest BCUT2D eigenvalue weighted by atomic mass is 9.90. The van der Waals surface area contributed by atoms with Gasteiger partial charge >= 0.3 is 0 Å². The monoisotopic (exact) mass is 373 g/mol. The number of hydrogen-bond acceptors (Lipinski definition) is 1. The lowest BCUT2D eigenvalue weighted by molar-refractivity contribution is -0.127. The fraction of sp³-hybridized carbons (Fsp3) is 0.286. The van der Waals surface area contributed by atoms with Gasteiger partial charge in [-0.15, -0.1) is 0 Å². The first kappa shape index (κ1) is 18.0. The van der Waals surface area contributed by atoms with Crippen molar-refractivity contribution in [2.75, 3.05) is 13.1 Å². The van der Waals surface area contributed by atoms with Crippen LogP contribution in [0.1, 0.15) is 24.0 Å². The summed E-state index contributed by atoms with van der Waals surface area (Å²) in [6.45, 7) is 1.63. The van der Waals surface area contributed by atoms with Crippen LogP contribution < -0.4 is 0 Å². The molecule has 0 radical (unpaired) electrons. The van der Waals surface area contributed by atoms with E-state index in [1.807, 2.05) is 17.0 Å². The first-order valence-electron chi connectivity index (χ1n) is 8.58. The molecule has 0 unspecified atom stereocenters. The number of piperidine rings is 1. The third-order valence-corrected chi connectivity index (χ3v) is 5.22. The number of benzene rings is 2. The molecule has 0 aliphatic carbocycles. The van der Waals surface area contributed by atoms with Crippen molar-refractivity contribution >= 4 is 35.2 Å². The number of rotatable bonds is 4. The molecule has 0 N–H and O–H groups in total. The molecule has 1 heterocycles. The first-order chi connectivity index (χ1) is 12.1. The van der Waals surface area contributed by atoms with Crippen LogP contribution in [0.15, 0.2) is 54.6 Å². The number of nitrogens with zero attached hydrogens (tertiary/aromatic N) is 1. The number of likely N-dealkylation sites (tertiary alicyclic amines) is 1. The summed E-state index contributed by atoms with van der Waals surface area (Å²) in [5.41, 5.74) is 2.18. The molecule has 2 nitrogen and oxygen atoms in total. The van der Waals surface area contributed by atoms with Gasteiger partial charge in [-0.05, 0) is 54.5 Å². The standard InChI is InChI=1S/C21H21Cl2NO/c22-19-8-6-18(20(23)15-19)7-9-21(25)24-12-10-17(11-13-24)14-16-4-2-1-3-5-16/h1-9,15,17H,10-14H2/b9-7+. The maximum absolute atomic E-state index is 12.4. The van der Waals surface area contributed by atoms with E-state index in [0.717, 1.165) is 37.9 Å². The molecule has 4 heteroatoms. The summed E-state index contributed by atoms with van der Waals surface area (Å²) >= 11 is 12.0. The van der Waals surface area contributed by atoms with Gasteiger partial charge in [0.15, 0.2) is 0 Å². The molecule has 3 rings (SSSR count). The maximum Gasteiger partial charge on any atom is 0.246 e. The van der Waals surface area contributed by atoms with Crippen LogP contribution in [-0.2, 0) is 11.2 Å². The summed E-state index contributed by atoms with van der Waals surface area (Å²) in [7, 11) is 0. The lowest BCUT2D eigenvalue weighted by Crippen LogP contribution is -2.37. The molecule has 25 heavy (non-hydrogen) atoms. The minimum absolute atomic E-state index is 0.0455. The average molecular weight is 374 g/mol. The summed E-state index contributed by atoms with van der Waals surface area (Å²) in [4.78, 5) is 14.3. The molecule has 2 aromatic rings. The Kier molecular flexibility index (Phi) is 6.17. The second kappa shape index (κ2) is 8.55. The predicted molar refractivity (Wildman–Crippen MR) is 105 cm³/mol. The van der Waals surface area contributed by atoms with E-state index < -0.39 is 0 Å². The molecular formula is C21H21Cl2NO. The molecular weight excluding hydrogens is 353 g/mol. The zero-order valence-corrected chi connectivity index (χ0v) is 15.5. The van der Waals surface area contributed by atoms with Gasteiger partial charge in [0.1, 0.15) is 0 Å². The second-order valence-corrected chi connectivity index (χ2v) is 7.30. The Morgan fingerprint density at radius 3 is 2.48 bits per heavy atom. The van der Waals surface area contributed by atoms with E-state index in [-0.39, 0.29) is 5.91 Å². The predicted octanol–water partition coefficient (Wildman–Crippen LogP) is 5.49. The molecule has 0 spiro atoms. The Balaban J connectivity index is 1.52. The van der Waals surface area contributed by atoms with Crippen LogP contribution in [0.4, 0.5) is 0 Å². The van der Waals surface area contributed by atoms with Crippen LogP contribution in [0.25, 0.3) is 6.08 Å². The fourth-order valence-corrected chi connectivity index (χ4v) is 3.68. The summed E-state index contributed by atoms with van der Waals surface area (Å²) in [5, 5.41) is 1.15. The van der Waals surface area contributed by atoms with Crippen molar-refractivity contribution in [3.05, 3.63) is 75.8 Å². The molecule has 130 valence electrons. The number of carbonyl (C=O) groups excluding carboxylic acids is 1. The third-order valence-electron chi connectivity index (χ3n) is 4.66. The van der Waals surface area contributed by atoms with Crippen molar-refractivity contribution in [1.82, 2.24) is 4.90 Å². The van der Waals surface area contributed by atoms with Crippen molar-refractivity contribution in [2.45, 2.75) is 19.3 Å². The molecule has 0 bridgehead atoms. The summed E-state index contributed by atoms with van der Waals surface area (Å²) in [5.74, 6) is 0.699. The molecule has 1 aliphatic rings. The smallest absolute Gasteiger partial charge is 0.246 e. The Morgan fingerprint density at radius 2 is 1.80 bits per heavy atom. The summed E-state index contributed by atoms with van der Waals surface area (Å²) < 4.78 is 0. The van der Waals surface area contributed by atoms with E-state index in [1.54, 1.807) is 24.3 Å². The number of amides is 1. The quantitative estimate of drug-likeness (QED) is 0.649. The molecule has 0 saturated carbocycles. The SMILES string of the molecule is O=C(/C=C/c1ccc(Cl)cc1Cl)N1CCC(Cc2ccccc2)CC1. The topological polar surface area (TPSA) is 20.3 Å². The first-order valence-corrected chi connectivity index (χ1v) is 9.33. The largest absolute Gasteiger partial charge is 0.339 e. The molecule has 1 aliphatic heterocycles. The second-order valence-electron chi connectivity index (χ2n) is 6.46. The van der Waals surface area contributed by atoms with Gasteiger partial charge in [-0.3, -0.25) is 4.79 Å². The van der Waals surface area contributed by atoms with E-state index in [9.17, 15) is 4.79 Å². The fourth-order valence-electron chi connectivity index (χ4n) is 3.21. The number of halogens is 2. The van der Waals surface area contributed by atoms with E-state index >= 15 is 0 Å². The van der Waals surface area contributed by atoms with Gasteiger partial charge in [-0.1, -0.05) is 59.6 Å². The van der Waals surface area contributed by atoms with Gasteiger partial charge in [-0.25, -0.2) is 0 Å². The Hall–Kier alpha value is -1.77. The van der Waals surface area contributed by atoms with Gasteiger partial charge in [0.05, 0.1) is 0 Å². The highest BCUT2D eigenvalue weighted by atomic mass is 35.5. The van der Waals surface area contributed by atoms with Crippen LogP contribution in [-0.4, -0.2) is 23.9 Å². The van der Waals surface area contributed by atoms with Gasteiger partial charge in [0.2, 0.25) is 5.91 Å². The summed E-state index contributed by atoms with van der Waals surface area (Å²) in [6, 6.07) is 15.8. The highest BCUT2D eigenvalue weighted by Gasteiger charge is 2.21. The molecule has 1 fully saturated rings. The zero-order valence-electron chi connectivity index (χ0n) is 14.0. The van der Waals surface area contributed by atoms with Crippen molar-refractivity contribution in [1.29, 1.82) is 0 Å². The molecule has 1 amide bonds. The minimum atomic E-state index is 0.0455. The van der Waals surface area contributed by atoms with E-state index in [1.165, 1.54) is 5.56 Å². The lowest BCUT2D eigenvalue weighted by Gasteiger charge is -2.31. The molecule has 0 aromatic heterocycles.